The summed E-state index contributed by atoms with van der Waals surface area (Å²) < 4.78 is 0. The fourth-order valence-corrected chi connectivity index (χ4v) is 3.71. The lowest BCUT2D eigenvalue weighted by Gasteiger charge is -2.31. The third-order valence-corrected chi connectivity index (χ3v) is 4.35. The van der Waals surface area contributed by atoms with Gasteiger partial charge in [0.15, 0.2) is 0 Å². The van der Waals surface area contributed by atoms with E-state index in [1.165, 1.54) is 37.1 Å². The smallest absolute Gasteiger partial charge is 0.0485 e. The third kappa shape index (κ3) is 1.08. The highest BCUT2D eigenvalue weighted by atomic mass is 15.0. The highest BCUT2D eigenvalue weighted by Gasteiger charge is 2.38. The fraction of sp³-hybridized carbons (Fsp3) is 0.500. The van der Waals surface area contributed by atoms with Crippen LogP contribution in [0.3, 0.4) is 0 Å². The van der Waals surface area contributed by atoms with Crippen molar-refractivity contribution in [3.63, 3.8) is 0 Å². The van der Waals surface area contributed by atoms with Crippen molar-refractivity contribution in [3.8, 4) is 0 Å². The second kappa shape index (κ2) is 3.17. The molecular formula is C14H16N2. The largest absolute Gasteiger partial charge is 0.310 e. The van der Waals surface area contributed by atoms with Gasteiger partial charge >= 0.3 is 0 Å². The van der Waals surface area contributed by atoms with Crippen LogP contribution in [0.5, 0.6) is 0 Å². The van der Waals surface area contributed by atoms with Crippen molar-refractivity contribution in [2.45, 2.75) is 31.7 Å². The van der Waals surface area contributed by atoms with Crippen LogP contribution in [0, 0.1) is 5.92 Å². The molecule has 2 nitrogen and oxygen atoms in total. The quantitative estimate of drug-likeness (QED) is 0.713. The van der Waals surface area contributed by atoms with Crippen LogP contribution >= 0.6 is 0 Å². The van der Waals surface area contributed by atoms with Crippen molar-refractivity contribution in [1.82, 2.24) is 10.3 Å². The number of fused-ring (bicyclic) bond motifs is 2. The summed E-state index contributed by atoms with van der Waals surface area (Å²) in [6.45, 7) is 1.17. The average molecular weight is 212 g/mol. The molecule has 1 aromatic rings. The molecule has 16 heavy (non-hydrogen) atoms. The summed E-state index contributed by atoms with van der Waals surface area (Å²) >= 11 is 0. The predicted octanol–water partition coefficient (Wildman–Crippen LogP) is 2.16. The van der Waals surface area contributed by atoms with Gasteiger partial charge in [-0.3, -0.25) is 4.98 Å². The van der Waals surface area contributed by atoms with Gasteiger partial charge in [-0.25, -0.2) is 0 Å². The zero-order valence-electron chi connectivity index (χ0n) is 9.37. The molecule has 1 N–H and O–H groups in total. The van der Waals surface area contributed by atoms with E-state index in [0.717, 1.165) is 12.3 Å². The number of hydrogen-bond acceptors (Lipinski definition) is 2. The van der Waals surface area contributed by atoms with Crippen LogP contribution in [0.4, 0.5) is 0 Å². The molecule has 0 spiro atoms. The minimum atomic E-state index is 0.683. The lowest BCUT2D eigenvalue weighted by Crippen LogP contribution is -2.26. The van der Waals surface area contributed by atoms with E-state index >= 15 is 0 Å². The number of pyridine rings is 1. The molecule has 0 radical (unpaired) electrons. The maximum atomic E-state index is 4.57. The summed E-state index contributed by atoms with van der Waals surface area (Å²) in [6, 6.07) is 5.03. The summed E-state index contributed by atoms with van der Waals surface area (Å²) in [6.07, 6.45) is 7.02. The van der Waals surface area contributed by atoms with Gasteiger partial charge in [0.25, 0.3) is 0 Å². The van der Waals surface area contributed by atoms with Crippen molar-refractivity contribution in [3.05, 3.63) is 35.2 Å². The molecule has 0 bridgehead atoms. The Morgan fingerprint density at radius 3 is 3.38 bits per heavy atom. The van der Waals surface area contributed by atoms with Gasteiger partial charge in [-0.1, -0.05) is 6.07 Å². The van der Waals surface area contributed by atoms with Crippen molar-refractivity contribution in [2.24, 2.45) is 5.92 Å². The van der Waals surface area contributed by atoms with Gasteiger partial charge in [-0.05, 0) is 54.4 Å². The predicted molar refractivity (Wildman–Crippen MR) is 64.0 cm³/mol. The molecule has 1 aromatic heterocycles. The van der Waals surface area contributed by atoms with Crippen LogP contribution in [-0.2, 0) is 6.42 Å². The first-order valence-electron chi connectivity index (χ1n) is 6.34. The van der Waals surface area contributed by atoms with Crippen LogP contribution in [0.1, 0.15) is 30.5 Å². The van der Waals surface area contributed by atoms with Crippen molar-refractivity contribution < 1.29 is 0 Å². The van der Waals surface area contributed by atoms with Crippen molar-refractivity contribution in [1.29, 1.82) is 0 Å². The Labute approximate surface area is 95.8 Å². The number of allylic oxidation sites excluding steroid dienone is 1. The minimum absolute atomic E-state index is 0.683. The van der Waals surface area contributed by atoms with Crippen molar-refractivity contribution >= 4 is 5.57 Å². The SMILES string of the molecule is c1cnc2c(c1)C1=C3C(CNC3CCC1)C2. The average Bonchev–Trinajstić information content (AvgIpc) is 2.75. The normalized spacial score (nSPS) is 31.2. The van der Waals surface area contributed by atoms with Crippen LogP contribution in [0.25, 0.3) is 5.57 Å². The Morgan fingerprint density at radius 2 is 2.38 bits per heavy atom. The second-order valence-electron chi connectivity index (χ2n) is 5.19. The summed E-state index contributed by atoms with van der Waals surface area (Å²) in [7, 11) is 0. The van der Waals surface area contributed by atoms with Gasteiger partial charge in [0.2, 0.25) is 0 Å². The molecule has 2 heterocycles. The zero-order valence-corrected chi connectivity index (χ0v) is 9.37. The zero-order chi connectivity index (χ0) is 10.5. The highest BCUT2D eigenvalue weighted by molar-refractivity contribution is 5.75. The van der Waals surface area contributed by atoms with Gasteiger partial charge in [0.05, 0.1) is 0 Å². The molecule has 2 aliphatic carbocycles. The monoisotopic (exact) mass is 212 g/mol. The number of nitrogens with zero attached hydrogens (tertiary/aromatic N) is 1. The molecule has 3 aliphatic rings. The number of hydrogen-bond donors (Lipinski definition) is 1. The summed E-state index contributed by atoms with van der Waals surface area (Å²) in [4.78, 5) is 4.57. The minimum Gasteiger partial charge on any atom is -0.310 e. The van der Waals surface area contributed by atoms with Gasteiger partial charge in [0, 0.05) is 24.5 Å². The molecule has 2 atom stereocenters. The van der Waals surface area contributed by atoms with E-state index in [-0.39, 0.29) is 0 Å². The molecule has 1 saturated heterocycles. The maximum Gasteiger partial charge on any atom is 0.0485 e. The fourth-order valence-electron chi connectivity index (χ4n) is 3.71. The maximum absolute atomic E-state index is 4.57. The molecule has 0 amide bonds. The van der Waals surface area contributed by atoms with Gasteiger partial charge in [-0.15, -0.1) is 0 Å². The van der Waals surface area contributed by atoms with Gasteiger partial charge < -0.3 is 5.32 Å². The number of nitrogens with one attached hydrogen (secondary N) is 1. The van der Waals surface area contributed by atoms with E-state index < -0.39 is 0 Å². The molecule has 0 aromatic carbocycles. The first-order chi connectivity index (χ1) is 7.93. The summed E-state index contributed by atoms with van der Waals surface area (Å²) in [5.41, 5.74) is 6.13. The van der Waals surface area contributed by atoms with Crippen molar-refractivity contribution in [2.75, 3.05) is 6.54 Å². The number of aromatic nitrogens is 1. The van der Waals surface area contributed by atoms with E-state index in [0.29, 0.717) is 6.04 Å². The topological polar surface area (TPSA) is 24.9 Å². The molecule has 1 fully saturated rings. The van der Waals surface area contributed by atoms with E-state index in [1.807, 2.05) is 6.20 Å². The van der Waals surface area contributed by atoms with E-state index in [9.17, 15) is 0 Å². The molecule has 82 valence electrons. The van der Waals surface area contributed by atoms with E-state index in [2.05, 4.69) is 22.4 Å². The van der Waals surface area contributed by atoms with Crippen LogP contribution in [0.15, 0.2) is 23.9 Å². The molecular weight excluding hydrogens is 196 g/mol. The lowest BCUT2D eigenvalue weighted by molar-refractivity contribution is 0.573. The first kappa shape index (κ1) is 8.94. The van der Waals surface area contributed by atoms with Gasteiger partial charge in [0.1, 0.15) is 0 Å². The highest BCUT2D eigenvalue weighted by Crippen LogP contribution is 2.44. The Kier molecular flexibility index (Phi) is 1.77. The molecule has 0 saturated carbocycles. The molecule has 2 heteroatoms. The Morgan fingerprint density at radius 1 is 1.38 bits per heavy atom. The molecule has 4 rings (SSSR count). The van der Waals surface area contributed by atoms with E-state index in [4.69, 9.17) is 0 Å². The van der Waals surface area contributed by atoms with Crippen LogP contribution < -0.4 is 5.32 Å². The second-order valence-corrected chi connectivity index (χ2v) is 5.19. The van der Waals surface area contributed by atoms with Crippen LogP contribution in [-0.4, -0.2) is 17.6 Å². The standard InChI is InChI=1S/C14H16N2/c1-3-11-10-4-2-6-15-13(10)7-9-8-16-12(5-1)14(9)11/h2,4,6,9,12,16H,1,3,5,7-8H2. The Bertz CT molecular complexity index is 475. The molecule has 1 aliphatic heterocycles. The first-order valence-corrected chi connectivity index (χ1v) is 6.34. The summed E-state index contributed by atoms with van der Waals surface area (Å²) in [5.74, 6) is 0.739. The Balaban J connectivity index is 1.95. The number of rotatable bonds is 0. The Hall–Kier alpha value is -1.15. The van der Waals surface area contributed by atoms with E-state index in [1.54, 1.807) is 11.1 Å². The van der Waals surface area contributed by atoms with Gasteiger partial charge in [-0.2, -0.15) is 0 Å². The van der Waals surface area contributed by atoms with Crippen LogP contribution in [0.2, 0.25) is 0 Å². The lowest BCUT2D eigenvalue weighted by atomic mass is 9.75. The third-order valence-electron chi connectivity index (χ3n) is 4.35. The summed E-state index contributed by atoms with van der Waals surface area (Å²) in [5, 5.41) is 3.68. The molecule has 2 unspecified atom stereocenters.